The Morgan fingerprint density at radius 1 is 0.955 bits per heavy atom. The van der Waals surface area contributed by atoms with Crippen molar-refractivity contribution in [2.24, 2.45) is 0 Å². The van der Waals surface area contributed by atoms with E-state index in [2.05, 4.69) is 61.3 Å². The second kappa shape index (κ2) is 6.20. The van der Waals surface area contributed by atoms with E-state index >= 15 is 0 Å². The van der Waals surface area contributed by atoms with Crippen LogP contribution in [-0.2, 0) is 6.54 Å². The van der Waals surface area contributed by atoms with Gasteiger partial charge in [0.15, 0.2) is 0 Å². The molecule has 0 bridgehead atoms. The van der Waals surface area contributed by atoms with Crippen molar-refractivity contribution in [2.45, 2.75) is 19.5 Å². The monoisotopic (exact) mass is 291 g/mol. The van der Waals surface area contributed by atoms with Crippen molar-refractivity contribution >= 4 is 10.8 Å². The molecule has 0 fully saturated rings. The first-order chi connectivity index (χ1) is 10.6. The summed E-state index contributed by atoms with van der Waals surface area (Å²) in [5, 5.41) is 12.2. The van der Waals surface area contributed by atoms with Gasteiger partial charge < -0.3 is 5.11 Å². The summed E-state index contributed by atoms with van der Waals surface area (Å²) in [5.74, 6) is 0.323. The fourth-order valence-corrected chi connectivity index (χ4v) is 2.93. The van der Waals surface area contributed by atoms with Crippen molar-refractivity contribution in [3.8, 4) is 5.75 Å². The molecule has 0 unspecified atom stereocenters. The predicted octanol–water partition coefficient (Wildman–Crippen LogP) is 4.74. The molecule has 3 aromatic carbocycles. The highest BCUT2D eigenvalue weighted by Crippen LogP contribution is 2.28. The van der Waals surface area contributed by atoms with Gasteiger partial charge >= 0.3 is 0 Å². The standard InChI is InChI=1S/C20H21NO/c1-15(21(2)14-16-7-5-10-18(22)13-16)19-12-6-9-17-8-3-4-11-20(17)19/h3-13,15,22H,14H2,1-2H3/t15-/m1/s1. The molecule has 0 saturated carbocycles. The summed E-state index contributed by atoms with van der Waals surface area (Å²) >= 11 is 0. The van der Waals surface area contributed by atoms with Crippen LogP contribution in [0.3, 0.4) is 0 Å². The maximum atomic E-state index is 9.60. The van der Waals surface area contributed by atoms with Gasteiger partial charge in [-0.1, -0.05) is 54.6 Å². The molecule has 3 aromatic rings. The first-order valence-electron chi connectivity index (χ1n) is 7.61. The number of phenolic OH excluding ortho intramolecular Hbond substituents is 1. The Labute approximate surface area is 131 Å². The van der Waals surface area contributed by atoms with E-state index in [1.165, 1.54) is 16.3 Å². The van der Waals surface area contributed by atoms with E-state index in [1.807, 2.05) is 18.2 Å². The summed E-state index contributed by atoms with van der Waals surface area (Å²) in [7, 11) is 2.12. The third kappa shape index (κ3) is 2.97. The quantitative estimate of drug-likeness (QED) is 0.750. The van der Waals surface area contributed by atoms with Crippen LogP contribution in [0.2, 0.25) is 0 Å². The Hall–Kier alpha value is -2.32. The number of hydrogen-bond acceptors (Lipinski definition) is 2. The van der Waals surface area contributed by atoms with Gasteiger partial charge in [0.1, 0.15) is 5.75 Å². The van der Waals surface area contributed by atoms with Gasteiger partial charge in [-0.3, -0.25) is 4.90 Å². The van der Waals surface area contributed by atoms with E-state index in [1.54, 1.807) is 6.07 Å². The molecule has 0 aliphatic heterocycles. The third-order valence-electron chi connectivity index (χ3n) is 4.28. The average molecular weight is 291 g/mol. The van der Waals surface area contributed by atoms with Gasteiger partial charge in [0.25, 0.3) is 0 Å². The normalized spacial score (nSPS) is 12.7. The van der Waals surface area contributed by atoms with Crippen molar-refractivity contribution in [3.63, 3.8) is 0 Å². The van der Waals surface area contributed by atoms with Crippen molar-refractivity contribution < 1.29 is 5.11 Å². The Kier molecular flexibility index (Phi) is 4.12. The number of phenols is 1. The molecule has 0 radical (unpaired) electrons. The van der Waals surface area contributed by atoms with Gasteiger partial charge in [0, 0.05) is 12.6 Å². The first-order valence-corrected chi connectivity index (χ1v) is 7.61. The maximum absolute atomic E-state index is 9.60. The number of benzene rings is 3. The van der Waals surface area contributed by atoms with Crippen LogP contribution in [0.5, 0.6) is 5.75 Å². The van der Waals surface area contributed by atoms with Gasteiger partial charge in [-0.15, -0.1) is 0 Å². The van der Waals surface area contributed by atoms with Gasteiger partial charge in [-0.2, -0.15) is 0 Å². The van der Waals surface area contributed by atoms with Crippen LogP contribution in [0.1, 0.15) is 24.1 Å². The molecule has 0 spiro atoms. The van der Waals surface area contributed by atoms with E-state index in [-0.39, 0.29) is 0 Å². The largest absolute Gasteiger partial charge is 0.508 e. The van der Waals surface area contributed by atoms with Gasteiger partial charge in [-0.05, 0) is 48.0 Å². The summed E-state index contributed by atoms with van der Waals surface area (Å²) < 4.78 is 0. The fraction of sp³-hybridized carbons (Fsp3) is 0.200. The van der Waals surface area contributed by atoms with E-state index in [0.717, 1.165) is 12.1 Å². The zero-order valence-electron chi connectivity index (χ0n) is 13.0. The highest BCUT2D eigenvalue weighted by molar-refractivity contribution is 5.86. The summed E-state index contributed by atoms with van der Waals surface area (Å²) in [6.07, 6.45) is 0. The first kappa shape index (κ1) is 14.6. The second-order valence-electron chi connectivity index (χ2n) is 5.83. The van der Waals surface area contributed by atoms with E-state index in [9.17, 15) is 5.11 Å². The Morgan fingerprint density at radius 2 is 1.68 bits per heavy atom. The summed E-state index contributed by atoms with van der Waals surface area (Å²) in [4.78, 5) is 2.30. The minimum atomic E-state index is 0.299. The summed E-state index contributed by atoms with van der Waals surface area (Å²) in [6, 6.07) is 22.7. The summed E-state index contributed by atoms with van der Waals surface area (Å²) in [5.41, 5.74) is 2.45. The van der Waals surface area contributed by atoms with Crippen LogP contribution in [0.15, 0.2) is 66.7 Å². The number of nitrogens with zero attached hydrogens (tertiary/aromatic N) is 1. The summed E-state index contributed by atoms with van der Waals surface area (Å²) in [6.45, 7) is 3.03. The molecular weight excluding hydrogens is 270 g/mol. The Bertz CT molecular complexity index is 776. The molecule has 2 nitrogen and oxygen atoms in total. The highest BCUT2D eigenvalue weighted by Gasteiger charge is 2.14. The molecule has 0 aromatic heterocycles. The Morgan fingerprint density at radius 3 is 2.50 bits per heavy atom. The van der Waals surface area contributed by atoms with Crippen LogP contribution >= 0.6 is 0 Å². The second-order valence-corrected chi connectivity index (χ2v) is 5.83. The van der Waals surface area contributed by atoms with Crippen LogP contribution < -0.4 is 0 Å². The van der Waals surface area contributed by atoms with Crippen LogP contribution in [0.25, 0.3) is 10.8 Å². The van der Waals surface area contributed by atoms with Gasteiger partial charge in [-0.25, -0.2) is 0 Å². The zero-order chi connectivity index (χ0) is 15.5. The van der Waals surface area contributed by atoms with E-state index < -0.39 is 0 Å². The molecule has 0 saturated heterocycles. The lowest BCUT2D eigenvalue weighted by atomic mass is 9.98. The average Bonchev–Trinajstić information content (AvgIpc) is 2.53. The lowest BCUT2D eigenvalue weighted by molar-refractivity contribution is 0.254. The van der Waals surface area contributed by atoms with Crippen molar-refractivity contribution in [1.82, 2.24) is 4.90 Å². The van der Waals surface area contributed by atoms with E-state index in [0.29, 0.717) is 11.8 Å². The zero-order valence-corrected chi connectivity index (χ0v) is 13.0. The van der Waals surface area contributed by atoms with Crippen LogP contribution in [0, 0.1) is 0 Å². The topological polar surface area (TPSA) is 23.5 Å². The molecule has 1 atom stereocenters. The van der Waals surface area contributed by atoms with Crippen LogP contribution in [0.4, 0.5) is 0 Å². The third-order valence-corrected chi connectivity index (χ3v) is 4.28. The number of aromatic hydroxyl groups is 1. The minimum Gasteiger partial charge on any atom is -0.508 e. The maximum Gasteiger partial charge on any atom is 0.115 e. The highest BCUT2D eigenvalue weighted by atomic mass is 16.3. The predicted molar refractivity (Wildman–Crippen MR) is 91.9 cm³/mol. The van der Waals surface area contributed by atoms with Crippen molar-refractivity contribution in [1.29, 1.82) is 0 Å². The van der Waals surface area contributed by atoms with Crippen molar-refractivity contribution in [2.75, 3.05) is 7.05 Å². The molecule has 3 rings (SSSR count). The lowest BCUT2D eigenvalue weighted by Crippen LogP contribution is -2.22. The molecule has 22 heavy (non-hydrogen) atoms. The molecule has 0 aliphatic carbocycles. The molecule has 112 valence electrons. The Balaban J connectivity index is 1.87. The van der Waals surface area contributed by atoms with Gasteiger partial charge in [0.05, 0.1) is 0 Å². The number of rotatable bonds is 4. The van der Waals surface area contributed by atoms with E-state index in [4.69, 9.17) is 0 Å². The molecule has 0 amide bonds. The lowest BCUT2D eigenvalue weighted by Gasteiger charge is -2.26. The molecule has 0 aliphatic rings. The molecule has 2 heteroatoms. The van der Waals surface area contributed by atoms with Crippen molar-refractivity contribution in [3.05, 3.63) is 77.9 Å². The number of fused-ring (bicyclic) bond motifs is 1. The smallest absolute Gasteiger partial charge is 0.115 e. The van der Waals surface area contributed by atoms with Gasteiger partial charge in [0.2, 0.25) is 0 Å². The SMILES string of the molecule is C[C@H](c1cccc2ccccc12)N(C)Cc1cccc(O)c1. The van der Waals surface area contributed by atoms with Crippen LogP contribution in [-0.4, -0.2) is 17.1 Å². The minimum absolute atomic E-state index is 0.299. The number of hydrogen-bond donors (Lipinski definition) is 1. The molecular formula is C20H21NO. The molecule has 1 N–H and O–H groups in total. The molecule has 0 heterocycles. The fourth-order valence-electron chi connectivity index (χ4n) is 2.93.